The van der Waals surface area contributed by atoms with Gasteiger partial charge in [-0.15, -0.1) is 0 Å². The fourth-order valence-electron chi connectivity index (χ4n) is 1.03. The van der Waals surface area contributed by atoms with Gasteiger partial charge >= 0.3 is 0 Å². The molecule has 14 heavy (non-hydrogen) atoms. The van der Waals surface area contributed by atoms with Crippen LogP contribution in [0.1, 0.15) is 18.5 Å². The second-order valence-electron chi connectivity index (χ2n) is 3.16. The summed E-state index contributed by atoms with van der Waals surface area (Å²) in [6.45, 7) is 1.95. The van der Waals surface area contributed by atoms with Gasteiger partial charge in [-0.1, -0.05) is 30.3 Å². The molecule has 0 aromatic heterocycles. The minimum atomic E-state index is -0.250. The number of hydrogen-bond acceptors (Lipinski definition) is 2. The lowest BCUT2D eigenvalue weighted by Gasteiger charge is -2.19. The zero-order chi connectivity index (χ0) is 11.0. The third-order valence-corrected chi connectivity index (χ3v) is 2.06. The first kappa shape index (κ1) is 12.7. The fourth-order valence-corrected chi connectivity index (χ4v) is 1.03. The Kier molecular flexibility index (Phi) is 6.41. The number of rotatable bonds is 2. The maximum absolute atomic E-state index is 8.36. The second-order valence-corrected chi connectivity index (χ2v) is 3.16. The van der Waals surface area contributed by atoms with Crippen molar-refractivity contribution in [1.82, 2.24) is 4.90 Å². The van der Waals surface area contributed by atoms with Crippen LogP contribution in [0.5, 0.6) is 0 Å². The summed E-state index contributed by atoms with van der Waals surface area (Å²) in [6.07, 6.45) is 0. The molecule has 3 nitrogen and oxygen atoms in total. The molecule has 0 saturated carbocycles. The Morgan fingerprint density at radius 2 is 1.71 bits per heavy atom. The molecule has 1 rings (SSSR count). The van der Waals surface area contributed by atoms with E-state index in [4.69, 9.17) is 9.90 Å². The molecule has 0 bridgehead atoms. The highest BCUT2D eigenvalue weighted by molar-refractivity contribution is 5.32. The Balaban J connectivity index is 0.000000500. The maximum Gasteiger partial charge on any atom is 0.290 e. The van der Waals surface area contributed by atoms with E-state index in [9.17, 15) is 0 Å². The Hall–Kier alpha value is -1.35. The first-order valence-corrected chi connectivity index (χ1v) is 4.42. The smallest absolute Gasteiger partial charge is 0.290 e. The second kappa shape index (κ2) is 7.09. The summed E-state index contributed by atoms with van der Waals surface area (Å²) in [5.74, 6) is 0. The summed E-state index contributed by atoms with van der Waals surface area (Å²) in [5, 5.41) is 6.89. The van der Waals surface area contributed by atoms with Crippen molar-refractivity contribution in [3.8, 4) is 0 Å². The third kappa shape index (κ3) is 4.62. The lowest BCUT2D eigenvalue weighted by atomic mass is 10.1. The predicted molar refractivity (Wildman–Crippen MR) is 57.2 cm³/mol. The van der Waals surface area contributed by atoms with Crippen LogP contribution >= 0.6 is 0 Å². The molecule has 1 N–H and O–H groups in total. The predicted octanol–water partition coefficient (Wildman–Crippen LogP) is 2.01. The van der Waals surface area contributed by atoms with Gasteiger partial charge in [0.15, 0.2) is 0 Å². The first-order chi connectivity index (χ1) is 6.63. The summed E-state index contributed by atoms with van der Waals surface area (Å²) in [7, 11) is 4.19. The topological polar surface area (TPSA) is 40.5 Å². The molecule has 78 valence electrons. The monoisotopic (exact) mass is 195 g/mol. The highest BCUT2D eigenvalue weighted by Gasteiger charge is 2.04. The van der Waals surface area contributed by atoms with E-state index in [0.29, 0.717) is 6.04 Å². The molecule has 0 aliphatic heterocycles. The van der Waals surface area contributed by atoms with Crippen LogP contribution in [-0.2, 0) is 4.79 Å². The van der Waals surface area contributed by atoms with Crippen molar-refractivity contribution >= 4 is 6.47 Å². The number of benzene rings is 1. The average Bonchev–Trinajstić information content (AvgIpc) is 2.19. The molecule has 1 aromatic carbocycles. The number of carbonyl (C=O) groups is 1. The van der Waals surface area contributed by atoms with Crippen molar-refractivity contribution in [2.24, 2.45) is 0 Å². The van der Waals surface area contributed by atoms with Crippen LogP contribution in [0, 0.1) is 0 Å². The van der Waals surface area contributed by atoms with Gasteiger partial charge in [-0.2, -0.15) is 0 Å². The molecule has 3 heteroatoms. The summed E-state index contributed by atoms with van der Waals surface area (Å²) in [4.78, 5) is 10.6. The SMILES string of the molecule is CC(c1ccccc1)N(C)C.O=CO. The van der Waals surface area contributed by atoms with E-state index in [-0.39, 0.29) is 6.47 Å². The number of carboxylic acid groups (broad SMARTS) is 1. The lowest BCUT2D eigenvalue weighted by Crippen LogP contribution is -2.16. The van der Waals surface area contributed by atoms with Gasteiger partial charge in [0, 0.05) is 6.04 Å². The van der Waals surface area contributed by atoms with Gasteiger partial charge < -0.3 is 10.0 Å². The van der Waals surface area contributed by atoms with Crippen molar-refractivity contribution in [1.29, 1.82) is 0 Å². The molecular formula is C11H17NO2. The van der Waals surface area contributed by atoms with Crippen molar-refractivity contribution in [3.63, 3.8) is 0 Å². The van der Waals surface area contributed by atoms with Crippen molar-refractivity contribution in [2.75, 3.05) is 14.1 Å². The van der Waals surface area contributed by atoms with Crippen LogP contribution in [0.15, 0.2) is 30.3 Å². The standard InChI is InChI=1S/C10H15N.CH2O2/c1-9(11(2)3)10-7-5-4-6-8-10;2-1-3/h4-9H,1-3H3;1H,(H,2,3). The Bertz CT molecular complexity index is 247. The van der Waals surface area contributed by atoms with Gasteiger partial charge in [0.05, 0.1) is 0 Å². The van der Waals surface area contributed by atoms with Crippen LogP contribution in [0.2, 0.25) is 0 Å². The highest BCUT2D eigenvalue weighted by atomic mass is 16.3. The minimum Gasteiger partial charge on any atom is -0.483 e. The summed E-state index contributed by atoms with van der Waals surface area (Å²) < 4.78 is 0. The summed E-state index contributed by atoms with van der Waals surface area (Å²) in [6, 6.07) is 11.0. The molecule has 0 amide bonds. The zero-order valence-electron chi connectivity index (χ0n) is 8.84. The van der Waals surface area contributed by atoms with E-state index in [1.54, 1.807) is 0 Å². The van der Waals surface area contributed by atoms with E-state index in [1.807, 2.05) is 6.07 Å². The molecule has 0 aliphatic carbocycles. The van der Waals surface area contributed by atoms with E-state index in [0.717, 1.165) is 0 Å². The minimum absolute atomic E-state index is 0.250. The van der Waals surface area contributed by atoms with Gasteiger partial charge in [0.2, 0.25) is 0 Å². The van der Waals surface area contributed by atoms with Gasteiger partial charge in [-0.25, -0.2) is 0 Å². The molecule has 1 aromatic rings. The molecule has 0 fully saturated rings. The third-order valence-electron chi connectivity index (χ3n) is 2.06. The molecule has 1 atom stereocenters. The van der Waals surface area contributed by atoms with Crippen LogP contribution in [0.4, 0.5) is 0 Å². The summed E-state index contributed by atoms with van der Waals surface area (Å²) >= 11 is 0. The molecule has 0 heterocycles. The first-order valence-electron chi connectivity index (χ1n) is 4.42. The van der Waals surface area contributed by atoms with Crippen LogP contribution in [0.3, 0.4) is 0 Å². The molecule has 0 saturated heterocycles. The maximum atomic E-state index is 8.36. The quantitative estimate of drug-likeness (QED) is 0.734. The van der Waals surface area contributed by atoms with E-state index in [2.05, 4.69) is 50.2 Å². The fraction of sp³-hybridized carbons (Fsp3) is 0.364. The Labute approximate surface area is 85.0 Å². The van der Waals surface area contributed by atoms with Crippen LogP contribution < -0.4 is 0 Å². The van der Waals surface area contributed by atoms with E-state index in [1.165, 1.54) is 5.56 Å². The highest BCUT2D eigenvalue weighted by Crippen LogP contribution is 2.15. The zero-order valence-corrected chi connectivity index (χ0v) is 8.84. The van der Waals surface area contributed by atoms with Crippen LogP contribution in [-0.4, -0.2) is 30.6 Å². The van der Waals surface area contributed by atoms with E-state index >= 15 is 0 Å². The normalized spacial score (nSPS) is 11.4. The molecule has 0 radical (unpaired) electrons. The molecule has 1 unspecified atom stereocenters. The van der Waals surface area contributed by atoms with Gasteiger partial charge in [0.1, 0.15) is 0 Å². The largest absolute Gasteiger partial charge is 0.483 e. The Morgan fingerprint density at radius 3 is 2.07 bits per heavy atom. The van der Waals surface area contributed by atoms with E-state index < -0.39 is 0 Å². The van der Waals surface area contributed by atoms with Crippen LogP contribution in [0.25, 0.3) is 0 Å². The lowest BCUT2D eigenvalue weighted by molar-refractivity contribution is -0.122. The van der Waals surface area contributed by atoms with Crippen molar-refractivity contribution in [2.45, 2.75) is 13.0 Å². The number of hydrogen-bond donors (Lipinski definition) is 1. The number of nitrogens with zero attached hydrogens (tertiary/aromatic N) is 1. The van der Waals surface area contributed by atoms with Gasteiger partial charge in [-0.3, -0.25) is 4.79 Å². The van der Waals surface area contributed by atoms with Gasteiger partial charge in [-0.05, 0) is 26.6 Å². The average molecular weight is 195 g/mol. The molecule has 0 aliphatic rings. The van der Waals surface area contributed by atoms with Crippen molar-refractivity contribution in [3.05, 3.63) is 35.9 Å². The Morgan fingerprint density at radius 1 is 1.29 bits per heavy atom. The molecule has 0 spiro atoms. The molecular weight excluding hydrogens is 178 g/mol. The van der Waals surface area contributed by atoms with Crippen molar-refractivity contribution < 1.29 is 9.90 Å². The van der Waals surface area contributed by atoms with Gasteiger partial charge in [0.25, 0.3) is 6.47 Å². The summed E-state index contributed by atoms with van der Waals surface area (Å²) in [5.41, 5.74) is 1.37.